The molecule has 2 rings (SSSR count). The summed E-state index contributed by atoms with van der Waals surface area (Å²) in [6, 6.07) is 7.58. The fourth-order valence-electron chi connectivity index (χ4n) is 3.02. The molecule has 0 bridgehead atoms. The van der Waals surface area contributed by atoms with Crippen molar-refractivity contribution in [2.45, 2.75) is 52.4 Å². The summed E-state index contributed by atoms with van der Waals surface area (Å²) in [6.07, 6.45) is 3.36. The molecule has 2 aromatic carbocycles. The highest BCUT2D eigenvalue weighted by atomic mass is 79.9. The van der Waals surface area contributed by atoms with Gasteiger partial charge in [-0.2, -0.15) is 0 Å². The molecule has 6 heteroatoms. The Morgan fingerprint density at radius 2 is 1.03 bits per heavy atom. The molecule has 0 aromatic heterocycles. The monoisotopic (exact) mass is 536 g/mol. The first-order valence-corrected chi connectivity index (χ1v) is 11.4. The first kappa shape index (κ1) is 24.6. The van der Waals surface area contributed by atoms with Crippen molar-refractivity contribution < 1.29 is 10.2 Å². The van der Waals surface area contributed by atoms with Crippen LogP contribution in [0.5, 0.6) is 11.5 Å². The van der Waals surface area contributed by atoms with Crippen LogP contribution >= 0.6 is 31.9 Å². The normalized spacial score (nSPS) is 12.9. The number of phenolic OH excluding ortho intramolecular Hbond substituents is 2. The number of aliphatic imine (C=N–C) groups is 2. The quantitative estimate of drug-likeness (QED) is 0.327. The average molecular weight is 538 g/mol. The number of aromatic hydroxyl groups is 2. The summed E-state index contributed by atoms with van der Waals surface area (Å²) in [4.78, 5) is 8.81. The Balaban J connectivity index is 2.09. The Morgan fingerprint density at radius 1 is 0.700 bits per heavy atom. The van der Waals surface area contributed by atoms with E-state index in [4.69, 9.17) is 0 Å². The van der Waals surface area contributed by atoms with Crippen LogP contribution in [0.4, 0.5) is 0 Å². The highest BCUT2D eigenvalue weighted by Gasteiger charge is 2.21. The molecule has 0 aliphatic carbocycles. The van der Waals surface area contributed by atoms with Crippen molar-refractivity contribution in [1.29, 1.82) is 0 Å². The van der Waals surface area contributed by atoms with Crippen molar-refractivity contribution in [3.8, 4) is 11.5 Å². The molecule has 0 aliphatic rings. The molecule has 0 amide bonds. The van der Waals surface area contributed by atoms with Gasteiger partial charge in [0.1, 0.15) is 11.5 Å². The van der Waals surface area contributed by atoms with E-state index >= 15 is 0 Å². The van der Waals surface area contributed by atoms with Crippen LogP contribution < -0.4 is 0 Å². The number of hydrogen-bond donors (Lipinski definition) is 2. The second kappa shape index (κ2) is 9.65. The number of hydrogen-bond acceptors (Lipinski definition) is 4. The number of nitrogens with zero attached hydrogens (tertiary/aromatic N) is 2. The molecule has 0 aliphatic heterocycles. The van der Waals surface area contributed by atoms with Crippen molar-refractivity contribution in [2.75, 3.05) is 13.1 Å². The Hall–Kier alpha value is -1.66. The zero-order valence-electron chi connectivity index (χ0n) is 18.4. The number of phenols is 2. The van der Waals surface area contributed by atoms with Gasteiger partial charge >= 0.3 is 0 Å². The minimum Gasteiger partial charge on any atom is -0.507 e. The van der Waals surface area contributed by atoms with Gasteiger partial charge in [0.2, 0.25) is 0 Å². The molecule has 0 saturated carbocycles. The molecular formula is C24H30Br2N2O2. The van der Waals surface area contributed by atoms with Crippen molar-refractivity contribution >= 4 is 44.3 Å². The van der Waals surface area contributed by atoms with Gasteiger partial charge in [0.25, 0.3) is 0 Å². The van der Waals surface area contributed by atoms with E-state index in [0.29, 0.717) is 24.2 Å². The molecule has 0 spiro atoms. The van der Waals surface area contributed by atoms with E-state index in [0.717, 1.165) is 20.1 Å². The summed E-state index contributed by atoms with van der Waals surface area (Å²) in [5.41, 5.74) is 2.76. The maximum Gasteiger partial charge on any atom is 0.128 e. The van der Waals surface area contributed by atoms with Gasteiger partial charge in [-0.3, -0.25) is 9.98 Å². The minimum absolute atomic E-state index is 0.168. The second-order valence-electron chi connectivity index (χ2n) is 9.35. The molecule has 0 heterocycles. The number of benzene rings is 2. The Bertz CT molecular complexity index is 889. The molecule has 0 saturated heterocycles. The Labute approximate surface area is 196 Å². The lowest BCUT2D eigenvalue weighted by molar-refractivity contribution is 0.445. The third-order valence-corrected chi connectivity index (χ3v) is 5.56. The largest absolute Gasteiger partial charge is 0.507 e. The lowest BCUT2D eigenvalue weighted by Crippen LogP contribution is -2.12. The van der Waals surface area contributed by atoms with Crippen molar-refractivity contribution in [2.24, 2.45) is 9.98 Å². The molecule has 0 radical (unpaired) electrons. The Kier molecular flexibility index (Phi) is 7.91. The van der Waals surface area contributed by atoms with Gasteiger partial charge in [-0.1, -0.05) is 73.4 Å². The Morgan fingerprint density at radius 3 is 1.33 bits per heavy atom. The van der Waals surface area contributed by atoms with E-state index in [1.807, 2.05) is 24.3 Å². The van der Waals surface area contributed by atoms with Crippen LogP contribution in [0.25, 0.3) is 0 Å². The molecule has 0 unspecified atom stereocenters. The highest BCUT2D eigenvalue weighted by Crippen LogP contribution is 2.36. The van der Waals surface area contributed by atoms with E-state index < -0.39 is 0 Å². The van der Waals surface area contributed by atoms with Crippen LogP contribution in [-0.2, 0) is 10.8 Å². The first-order valence-electron chi connectivity index (χ1n) is 9.86. The second-order valence-corrected chi connectivity index (χ2v) is 11.2. The molecule has 0 atom stereocenters. The molecule has 2 N–H and O–H groups in total. The van der Waals surface area contributed by atoms with Crippen LogP contribution in [0.15, 0.2) is 43.2 Å². The smallest absolute Gasteiger partial charge is 0.128 e. The molecular weight excluding hydrogens is 508 g/mol. The maximum atomic E-state index is 10.6. The first-order chi connectivity index (χ1) is 13.8. The fraction of sp³-hybridized carbons (Fsp3) is 0.417. The van der Waals surface area contributed by atoms with E-state index in [1.165, 1.54) is 0 Å². The van der Waals surface area contributed by atoms with Gasteiger partial charge in [-0.15, -0.1) is 0 Å². The minimum atomic E-state index is -0.168. The van der Waals surface area contributed by atoms with Crippen LogP contribution in [0, 0.1) is 0 Å². The summed E-state index contributed by atoms with van der Waals surface area (Å²) in [5.74, 6) is 0.512. The summed E-state index contributed by atoms with van der Waals surface area (Å²) < 4.78 is 1.81. The summed E-state index contributed by atoms with van der Waals surface area (Å²) in [6.45, 7) is 13.3. The lowest BCUT2D eigenvalue weighted by Gasteiger charge is -2.21. The van der Waals surface area contributed by atoms with Crippen LogP contribution in [0.1, 0.15) is 63.8 Å². The third-order valence-electron chi connectivity index (χ3n) is 4.64. The van der Waals surface area contributed by atoms with Crippen LogP contribution in [0.3, 0.4) is 0 Å². The van der Waals surface area contributed by atoms with Gasteiger partial charge in [0.05, 0.1) is 13.1 Å². The van der Waals surface area contributed by atoms with Crippen molar-refractivity contribution in [3.63, 3.8) is 0 Å². The van der Waals surface area contributed by atoms with Crippen molar-refractivity contribution in [3.05, 3.63) is 55.5 Å². The maximum absolute atomic E-state index is 10.6. The predicted molar refractivity (Wildman–Crippen MR) is 134 cm³/mol. The molecule has 4 nitrogen and oxygen atoms in total. The SMILES string of the molecule is CC(C)(C)c1cc(Br)cc(C=NCCN=Cc2cc(Br)cc(C(C)(C)C)c2O)c1O. The number of halogens is 2. The van der Waals surface area contributed by atoms with E-state index in [9.17, 15) is 10.2 Å². The summed E-state index contributed by atoms with van der Waals surface area (Å²) >= 11 is 7.02. The van der Waals surface area contributed by atoms with Crippen LogP contribution in [-0.4, -0.2) is 35.7 Å². The average Bonchev–Trinajstić information content (AvgIpc) is 2.60. The van der Waals surface area contributed by atoms with Gasteiger partial charge < -0.3 is 10.2 Å². The summed E-state index contributed by atoms with van der Waals surface area (Å²) in [7, 11) is 0. The molecule has 0 fully saturated rings. The van der Waals surface area contributed by atoms with E-state index in [-0.39, 0.29) is 22.3 Å². The number of rotatable bonds is 5. The van der Waals surface area contributed by atoms with E-state index in [1.54, 1.807) is 12.4 Å². The highest BCUT2D eigenvalue weighted by molar-refractivity contribution is 9.10. The third kappa shape index (κ3) is 6.42. The predicted octanol–water partition coefficient (Wildman–Crippen LogP) is 6.76. The topological polar surface area (TPSA) is 65.2 Å². The zero-order valence-corrected chi connectivity index (χ0v) is 21.6. The van der Waals surface area contributed by atoms with Gasteiger partial charge in [0.15, 0.2) is 0 Å². The zero-order chi connectivity index (χ0) is 22.7. The van der Waals surface area contributed by atoms with Gasteiger partial charge in [-0.25, -0.2) is 0 Å². The lowest BCUT2D eigenvalue weighted by atomic mass is 9.85. The fourth-order valence-corrected chi connectivity index (χ4v) is 3.97. The standard InChI is InChI=1S/C24H30Br2N2O2/c1-23(2,3)19-11-17(25)9-15(21(19)29)13-27-7-8-28-14-16-10-18(26)12-20(22(16)30)24(4,5)6/h9-14,29-30H,7-8H2,1-6H3. The van der Waals surface area contributed by atoms with Crippen molar-refractivity contribution in [1.82, 2.24) is 0 Å². The molecule has 162 valence electrons. The van der Waals surface area contributed by atoms with Crippen LogP contribution in [0.2, 0.25) is 0 Å². The van der Waals surface area contributed by atoms with E-state index in [2.05, 4.69) is 83.4 Å². The summed E-state index contributed by atoms with van der Waals surface area (Å²) in [5, 5.41) is 21.1. The molecule has 2 aromatic rings. The molecule has 30 heavy (non-hydrogen) atoms. The van der Waals surface area contributed by atoms with Gasteiger partial charge in [-0.05, 0) is 35.1 Å². The van der Waals surface area contributed by atoms with Gasteiger partial charge in [0, 0.05) is 43.6 Å².